The van der Waals surface area contributed by atoms with Gasteiger partial charge < -0.3 is 32.2 Å². The summed E-state index contributed by atoms with van der Waals surface area (Å²) in [6, 6.07) is 4.50. The second kappa shape index (κ2) is 12.3. The highest BCUT2D eigenvalue weighted by Gasteiger charge is 2.25. The molecule has 0 saturated heterocycles. The summed E-state index contributed by atoms with van der Waals surface area (Å²) in [5, 5.41) is 7.84. The normalized spacial score (nSPS) is 12.6. The Balaban J connectivity index is 2.75. The van der Waals surface area contributed by atoms with Gasteiger partial charge in [0.1, 0.15) is 12.6 Å². The van der Waals surface area contributed by atoms with Gasteiger partial charge in [-0.2, -0.15) is 0 Å². The third-order valence-electron chi connectivity index (χ3n) is 4.16. The van der Waals surface area contributed by atoms with Crippen LogP contribution in [0.1, 0.15) is 32.3 Å². The third kappa shape index (κ3) is 9.06. The number of primary amides is 1. The van der Waals surface area contributed by atoms with E-state index in [9.17, 15) is 19.2 Å². The molecule has 0 radical (unpaired) electrons. The van der Waals surface area contributed by atoms with E-state index in [0.717, 1.165) is 5.56 Å². The van der Waals surface area contributed by atoms with Crippen molar-refractivity contribution in [3.8, 4) is 0 Å². The van der Waals surface area contributed by atoms with E-state index in [1.807, 2.05) is 13.8 Å². The molecule has 1 rings (SSSR count). The molecule has 160 valence electrons. The smallest absolute Gasteiger partial charge is 0.312 e. The minimum atomic E-state index is -0.833. The Morgan fingerprint density at radius 2 is 1.79 bits per heavy atom. The van der Waals surface area contributed by atoms with Gasteiger partial charge in [0.25, 0.3) is 6.47 Å². The summed E-state index contributed by atoms with van der Waals surface area (Å²) >= 11 is 0. The predicted octanol–water partition coefficient (Wildman–Crippen LogP) is 0.215. The summed E-state index contributed by atoms with van der Waals surface area (Å²) in [6.45, 7) is 4.39. The zero-order valence-electron chi connectivity index (χ0n) is 16.6. The fourth-order valence-corrected chi connectivity index (χ4v) is 2.40. The van der Waals surface area contributed by atoms with Crippen LogP contribution in [-0.4, -0.2) is 42.9 Å². The Hall–Kier alpha value is -3.14. The van der Waals surface area contributed by atoms with Gasteiger partial charge >= 0.3 is 6.03 Å². The molecule has 0 aliphatic carbocycles. The lowest BCUT2D eigenvalue weighted by molar-refractivity contribution is -0.129. The Morgan fingerprint density at radius 3 is 2.34 bits per heavy atom. The van der Waals surface area contributed by atoms with Crippen molar-refractivity contribution in [2.75, 3.05) is 11.9 Å². The molecule has 29 heavy (non-hydrogen) atoms. The molecule has 0 saturated carbocycles. The van der Waals surface area contributed by atoms with E-state index >= 15 is 0 Å². The molecule has 2 atom stereocenters. The zero-order valence-corrected chi connectivity index (χ0v) is 16.6. The Labute approximate surface area is 169 Å². The number of benzene rings is 1. The molecule has 0 aromatic heterocycles. The molecule has 0 aliphatic rings. The summed E-state index contributed by atoms with van der Waals surface area (Å²) in [5.41, 5.74) is 12.2. The molecule has 0 bridgehead atoms. The highest BCUT2D eigenvalue weighted by molar-refractivity contribution is 5.97. The summed E-state index contributed by atoms with van der Waals surface area (Å²) in [4.78, 5) is 46.0. The van der Waals surface area contributed by atoms with Gasteiger partial charge in [0.2, 0.25) is 11.8 Å². The molecule has 4 amide bonds. The van der Waals surface area contributed by atoms with Crippen LogP contribution in [-0.2, 0) is 25.7 Å². The average Bonchev–Trinajstić information content (AvgIpc) is 2.68. The first-order valence-corrected chi connectivity index (χ1v) is 9.29. The van der Waals surface area contributed by atoms with E-state index in [-0.39, 0.29) is 25.5 Å². The first kappa shape index (κ1) is 23.9. The van der Waals surface area contributed by atoms with E-state index in [0.29, 0.717) is 18.6 Å². The first-order chi connectivity index (χ1) is 13.7. The Bertz CT molecular complexity index is 693. The number of rotatable bonds is 12. The summed E-state index contributed by atoms with van der Waals surface area (Å²) in [7, 11) is 0. The molecule has 0 fully saturated rings. The maximum atomic E-state index is 12.7. The van der Waals surface area contributed by atoms with Gasteiger partial charge in [0.05, 0.1) is 6.04 Å². The maximum Gasteiger partial charge on any atom is 0.312 e. The van der Waals surface area contributed by atoms with Crippen LogP contribution >= 0.6 is 0 Å². The van der Waals surface area contributed by atoms with E-state index in [4.69, 9.17) is 11.5 Å². The van der Waals surface area contributed by atoms with Crippen molar-refractivity contribution in [2.45, 2.75) is 45.4 Å². The number of nitrogens with two attached hydrogens (primary N) is 2. The van der Waals surface area contributed by atoms with Crippen molar-refractivity contribution >= 4 is 30.0 Å². The summed E-state index contributed by atoms with van der Waals surface area (Å²) < 4.78 is 4.67. The van der Waals surface area contributed by atoms with Crippen LogP contribution < -0.4 is 27.4 Å². The van der Waals surface area contributed by atoms with Crippen molar-refractivity contribution in [3.63, 3.8) is 0 Å². The lowest BCUT2D eigenvalue weighted by atomic mass is 10.0. The van der Waals surface area contributed by atoms with Crippen LogP contribution in [0.3, 0.4) is 0 Å². The molecular weight excluding hydrogens is 378 g/mol. The molecule has 10 nitrogen and oxygen atoms in total. The Kier molecular flexibility index (Phi) is 10.2. The van der Waals surface area contributed by atoms with Crippen LogP contribution in [0.2, 0.25) is 0 Å². The number of hydrogen-bond donors (Lipinski definition) is 5. The molecule has 1 aromatic carbocycles. The summed E-state index contributed by atoms with van der Waals surface area (Å²) in [6.07, 6.45) is 0.716. The van der Waals surface area contributed by atoms with Crippen LogP contribution in [0.5, 0.6) is 0 Å². The number of urea groups is 1. The SMILES string of the molecule is CC(C)[C@H](N)C(=O)N[C@@H](CCCNC(N)=O)C(=O)Nc1ccc(COC=O)cc1. The molecular formula is C19H29N5O5. The van der Waals surface area contributed by atoms with Gasteiger partial charge in [-0.25, -0.2) is 4.79 Å². The minimum Gasteiger partial charge on any atom is -0.463 e. The standard InChI is InChI=1S/C19H29N5O5/c1-12(2)16(20)18(27)24-15(4-3-9-22-19(21)28)17(26)23-14-7-5-13(6-8-14)10-29-11-25/h5-8,11-12,15-16H,3-4,9-10,20H2,1-2H3,(H,23,26)(H,24,27)(H3,21,22,28)/t15-,16-/m0/s1. The quantitative estimate of drug-likeness (QED) is 0.245. The largest absolute Gasteiger partial charge is 0.463 e. The van der Waals surface area contributed by atoms with E-state index in [2.05, 4.69) is 20.7 Å². The van der Waals surface area contributed by atoms with Crippen molar-refractivity contribution in [2.24, 2.45) is 17.4 Å². The average molecular weight is 407 g/mol. The van der Waals surface area contributed by atoms with Crippen molar-refractivity contribution < 1.29 is 23.9 Å². The molecule has 0 unspecified atom stereocenters. The number of carbonyl (C=O) groups excluding carboxylic acids is 4. The maximum absolute atomic E-state index is 12.7. The number of amides is 4. The fraction of sp³-hybridized carbons (Fsp3) is 0.474. The minimum absolute atomic E-state index is 0.0867. The Morgan fingerprint density at radius 1 is 1.14 bits per heavy atom. The van der Waals surface area contributed by atoms with Gasteiger partial charge in [-0.1, -0.05) is 26.0 Å². The fourth-order valence-electron chi connectivity index (χ4n) is 2.40. The molecule has 7 N–H and O–H groups in total. The van der Waals surface area contributed by atoms with Gasteiger partial charge in [0, 0.05) is 12.2 Å². The summed E-state index contributed by atoms with van der Waals surface area (Å²) in [5.74, 6) is -0.925. The monoisotopic (exact) mass is 407 g/mol. The molecule has 1 aromatic rings. The topological polar surface area (TPSA) is 166 Å². The van der Waals surface area contributed by atoms with E-state index in [1.54, 1.807) is 24.3 Å². The van der Waals surface area contributed by atoms with Gasteiger partial charge in [-0.15, -0.1) is 0 Å². The molecule has 0 heterocycles. The van der Waals surface area contributed by atoms with Crippen molar-refractivity contribution in [1.82, 2.24) is 10.6 Å². The first-order valence-electron chi connectivity index (χ1n) is 9.29. The number of carbonyl (C=O) groups is 4. The highest BCUT2D eigenvalue weighted by Crippen LogP contribution is 2.12. The number of nitrogens with one attached hydrogen (secondary N) is 3. The predicted molar refractivity (Wildman–Crippen MR) is 107 cm³/mol. The lowest BCUT2D eigenvalue weighted by Crippen LogP contribution is -2.51. The number of ether oxygens (including phenoxy) is 1. The van der Waals surface area contributed by atoms with Gasteiger partial charge in [-0.05, 0) is 36.5 Å². The van der Waals surface area contributed by atoms with Gasteiger partial charge in [0.15, 0.2) is 0 Å². The zero-order chi connectivity index (χ0) is 21.8. The highest BCUT2D eigenvalue weighted by atomic mass is 16.5. The third-order valence-corrected chi connectivity index (χ3v) is 4.16. The van der Waals surface area contributed by atoms with E-state index < -0.39 is 29.9 Å². The second-order valence-electron chi connectivity index (χ2n) is 6.86. The van der Waals surface area contributed by atoms with Crippen LogP contribution in [0.25, 0.3) is 0 Å². The van der Waals surface area contributed by atoms with E-state index in [1.165, 1.54) is 0 Å². The molecule has 0 aliphatic heterocycles. The van der Waals surface area contributed by atoms with Gasteiger partial charge in [-0.3, -0.25) is 14.4 Å². The van der Waals surface area contributed by atoms with Crippen LogP contribution in [0.4, 0.5) is 10.5 Å². The van der Waals surface area contributed by atoms with Crippen molar-refractivity contribution in [1.29, 1.82) is 0 Å². The number of hydrogen-bond acceptors (Lipinski definition) is 6. The molecule has 10 heteroatoms. The number of anilines is 1. The molecule has 0 spiro atoms. The van der Waals surface area contributed by atoms with Crippen molar-refractivity contribution in [3.05, 3.63) is 29.8 Å². The lowest BCUT2D eigenvalue weighted by Gasteiger charge is -2.22. The van der Waals surface area contributed by atoms with Crippen LogP contribution in [0, 0.1) is 5.92 Å². The second-order valence-corrected chi connectivity index (χ2v) is 6.86. The van der Waals surface area contributed by atoms with Crippen LogP contribution in [0.15, 0.2) is 24.3 Å².